The first kappa shape index (κ1) is 15.3. The molecule has 4 nitrogen and oxygen atoms in total. The van der Waals surface area contributed by atoms with Crippen LogP contribution in [0.5, 0.6) is 5.88 Å². The SMILES string of the molecule is CCN(CC)C(=O)c1ccc(OCC(F)(F)F)nc1. The lowest BCUT2D eigenvalue weighted by Gasteiger charge is -2.18. The molecule has 19 heavy (non-hydrogen) atoms. The number of pyridine rings is 1. The van der Waals surface area contributed by atoms with E-state index in [-0.39, 0.29) is 11.8 Å². The fraction of sp³-hybridized carbons (Fsp3) is 0.500. The molecular formula is C12H15F3N2O2. The van der Waals surface area contributed by atoms with Crippen LogP contribution in [0.2, 0.25) is 0 Å². The standard InChI is InChI=1S/C12H15F3N2O2/c1-3-17(4-2)11(18)9-5-6-10(16-7-9)19-8-12(13,14)15/h5-7H,3-4,8H2,1-2H3. The lowest BCUT2D eigenvalue weighted by atomic mass is 10.2. The molecule has 1 aromatic heterocycles. The minimum atomic E-state index is -4.41. The highest BCUT2D eigenvalue weighted by Gasteiger charge is 2.28. The Morgan fingerprint density at radius 3 is 2.37 bits per heavy atom. The number of alkyl halides is 3. The van der Waals surface area contributed by atoms with Crippen molar-refractivity contribution < 1.29 is 22.7 Å². The molecule has 1 heterocycles. The molecule has 0 fully saturated rings. The number of carbonyl (C=O) groups is 1. The number of aromatic nitrogens is 1. The van der Waals surface area contributed by atoms with Gasteiger partial charge in [-0.1, -0.05) is 0 Å². The number of amides is 1. The molecule has 0 N–H and O–H groups in total. The largest absolute Gasteiger partial charge is 0.468 e. The van der Waals surface area contributed by atoms with Crippen LogP contribution in [0, 0.1) is 0 Å². The number of nitrogens with zero attached hydrogens (tertiary/aromatic N) is 2. The predicted octanol–water partition coefficient (Wildman–Crippen LogP) is 2.50. The van der Waals surface area contributed by atoms with E-state index in [4.69, 9.17) is 0 Å². The van der Waals surface area contributed by atoms with Gasteiger partial charge >= 0.3 is 6.18 Å². The smallest absolute Gasteiger partial charge is 0.422 e. The molecule has 0 atom stereocenters. The molecule has 1 aromatic rings. The van der Waals surface area contributed by atoms with Gasteiger partial charge in [-0.05, 0) is 19.9 Å². The van der Waals surface area contributed by atoms with Gasteiger partial charge < -0.3 is 9.64 Å². The Bertz CT molecular complexity index is 414. The van der Waals surface area contributed by atoms with Crippen molar-refractivity contribution in [2.45, 2.75) is 20.0 Å². The zero-order valence-corrected chi connectivity index (χ0v) is 10.7. The van der Waals surface area contributed by atoms with E-state index in [1.807, 2.05) is 13.8 Å². The van der Waals surface area contributed by atoms with Gasteiger partial charge in [0.15, 0.2) is 6.61 Å². The Kier molecular flexibility index (Phi) is 5.14. The Hall–Kier alpha value is -1.79. The highest BCUT2D eigenvalue weighted by molar-refractivity contribution is 5.93. The number of ether oxygens (including phenoxy) is 1. The summed E-state index contributed by atoms with van der Waals surface area (Å²) in [7, 11) is 0. The molecule has 0 aromatic carbocycles. The van der Waals surface area contributed by atoms with E-state index in [0.717, 1.165) is 0 Å². The summed E-state index contributed by atoms with van der Waals surface area (Å²) in [5.74, 6) is -0.367. The Morgan fingerprint density at radius 2 is 1.95 bits per heavy atom. The molecule has 0 aliphatic rings. The van der Waals surface area contributed by atoms with Crippen molar-refractivity contribution in [3.63, 3.8) is 0 Å². The minimum Gasteiger partial charge on any atom is -0.468 e. The van der Waals surface area contributed by atoms with Crippen LogP contribution in [-0.4, -0.2) is 41.7 Å². The van der Waals surface area contributed by atoms with Crippen molar-refractivity contribution in [2.24, 2.45) is 0 Å². The molecule has 0 spiro atoms. The quantitative estimate of drug-likeness (QED) is 0.829. The van der Waals surface area contributed by atoms with Gasteiger partial charge in [-0.2, -0.15) is 13.2 Å². The first-order valence-electron chi connectivity index (χ1n) is 5.82. The Morgan fingerprint density at radius 1 is 1.32 bits per heavy atom. The van der Waals surface area contributed by atoms with Crippen molar-refractivity contribution in [1.82, 2.24) is 9.88 Å². The summed E-state index contributed by atoms with van der Waals surface area (Å²) in [6, 6.07) is 2.65. The second kappa shape index (κ2) is 6.40. The molecule has 0 radical (unpaired) electrons. The highest BCUT2D eigenvalue weighted by atomic mass is 19.4. The van der Waals surface area contributed by atoms with Crippen LogP contribution in [-0.2, 0) is 0 Å². The van der Waals surface area contributed by atoms with Crippen molar-refractivity contribution >= 4 is 5.91 Å². The summed E-state index contributed by atoms with van der Waals surface area (Å²) in [5, 5.41) is 0. The summed E-state index contributed by atoms with van der Waals surface area (Å²) < 4.78 is 40.3. The van der Waals surface area contributed by atoms with Gasteiger partial charge in [-0.15, -0.1) is 0 Å². The summed E-state index contributed by atoms with van der Waals surface area (Å²) in [5.41, 5.74) is 0.322. The predicted molar refractivity (Wildman–Crippen MR) is 63.0 cm³/mol. The lowest BCUT2D eigenvalue weighted by molar-refractivity contribution is -0.154. The molecule has 1 rings (SSSR count). The lowest BCUT2D eigenvalue weighted by Crippen LogP contribution is -2.30. The molecular weight excluding hydrogens is 261 g/mol. The maximum absolute atomic E-state index is 11.9. The zero-order chi connectivity index (χ0) is 14.5. The van der Waals surface area contributed by atoms with Crippen LogP contribution in [0.4, 0.5) is 13.2 Å². The molecule has 0 saturated heterocycles. The van der Waals surface area contributed by atoms with E-state index in [1.165, 1.54) is 18.3 Å². The maximum Gasteiger partial charge on any atom is 0.422 e. The summed E-state index contributed by atoms with van der Waals surface area (Å²) >= 11 is 0. The van der Waals surface area contributed by atoms with Gasteiger partial charge in [0.1, 0.15) is 0 Å². The van der Waals surface area contributed by atoms with Gasteiger partial charge in [0, 0.05) is 25.4 Å². The van der Waals surface area contributed by atoms with Crippen LogP contribution in [0.15, 0.2) is 18.3 Å². The Labute approximate surface area is 109 Å². The fourth-order valence-electron chi connectivity index (χ4n) is 1.44. The van der Waals surface area contributed by atoms with Gasteiger partial charge in [-0.25, -0.2) is 4.98 Å². The maximum atomic E-state index is 11.9. The molecule has 7 heteroatoms. The molecule has 0 saturated carbocycles. The highest BCUT2D eigenvalue weighted by Crippen LogP contribution is 2.17. The number of halogens is 3. The Balaban J connectivity index is 2.68. The second-order valence-corrected chi connectivity index (χ2v) is 3.77. The molecule has 0 aliphatic heterocycles. The van der Waals surface area contributed by atoms with Crippen molar-refractivity contribution in [1.29, 1.82) is 0 Å². The third-order valence-corrected chi connectivity index (χ3v) is 2.42. The topological polar surface area (TPSA) is 42.4 Å². The van der Waals surface area contributed by atoms with Crippen LogP contribution >= 0.6 is 0 Å². The minimum absolute atomic E-state index is 0.159. The normalized spacial score (nSPS) is 11.2. The van der Waals surface area contributed by atoms with Gasteiger partial charge in [0.2, 0.25) is 5.88 Å². The third-order valence-electron chi connectivity index (χ3n) is 2.42. The van der Waals surface area contributed by atoms with Crippen LogP contribution in [0.1, 0.15) is 24.2 Å². The third kappa shape index (κ3) is 4.76. The first-order chi connectivity index (χ1) is 8.87. The van der Waals surface area contributed by atoms with Crippen molar-refractivity contribution in [2.75, 3.05) is 19.7 Å². The molecule has 0 aliphatic carbocycles. The van der Waals surface area contributed by atoms with Gasteiger partial charge in [-0.3, -0.25) is 4.79 Å². The van der Waals surface area contributed by atoms with Crippen molar-refractivity contribution in [3.05, 3.63) is 23.9 Å². The van der Waals surface area contributed by atoms with Crippen molar-refractivity contribution in [3.8, 4) is 5.88 Å². The average Bonchev–Trinajstić information content (AvgIpc) is 2.37. The van der Waals surface area contributed by atoms with Gasteiger partial charge in [0.25, 0.3) is 5.91 Å². The number of hydrogen-bond donors (Lipinski definition) is 0. The van der Waals surface area contributed by atoms with Crippen LogP contribution < -0.4 is 4.74 Å². The molecule has 1 amide bonds. The molecule has 106 valence electrons. The zero-order valence-electron chi connectivity index (χ0n) is 10.7. The van der Waals surface area contributed by atoms with Crippen LogP contribution in [0.25, 0.3) is 0 Å². The second-order valence-electron chi connectivity index (χ2n) is 3.77. The van der Waals surface area contributed by atoms with E-state index in [9.17, 15) is 18.0 Å². The van der Waals surface area contributed by atoms with Crippen LogP contribution in [0.3, 0.4) is 0 Å². The molecule has 0 bridgehead atoms. The van der Waals surface area contributed by atoms with E-state index >= 15 is 0 Å². The number of rotatable bonds is 5. The average molecular weight is 276 g/mol. The molecule has 0 unspecified atom stereocenters. The fourth-order valence-corrected chi connectivity index (χ4v) is 1.44. The monoisotopic (exact) mass is 276 g/mol. The summed E-state index contributed by atoms with van der Waals surface area (Å²) in [4.78, 5) is 17.2. The van der Waals surface area contributed by atoms with E-state index in [2.05, 4.69) is 9.72 Å². The van der Waals surface area contributed by atoms with Gasteiger partial charge in [0.05, 0.1) is 5.56 Å². The first-order valence-corrected chi connectivity index (χ1v) is 5.82. The number of hydrogen-bond acceptors (Lipinski definition) is 3. The summed E-state index contributed by atoms with van der Waals surface area (Å²) in [6.45, 7) is 3.40. The van der Waals surface area contributed by atoms with E-state index in [0.29, 0.717) is 18.7 Å². The van der Waals surface area contributed by atoms with E-state index < -0.39 is 12.8 Å². The number of carbonyl (C=O) groups excluding carboxylic acids is 1. The van der Waals surface area contributed by atoms with E-state index in [1.54, 1.807) is 4.90 Å². The summed E-state index contributed by atoms with van der Waals surface area (Å²) in [6.07, 6.45) is -3.19.